The lowest BCUT2D eigenvalue weighted by atomic mass is 9.75. The van der Waals surface area contributed by atoms with Gasteiger partial charge in [0, 0.05) is 10.8 Å². The Labute approximate surface area is 195 Å². The van der Waals surface area contributed by atoms with Gasteiger partial charge in [-0.05, 0) is 73.2 Å². The molecule has 6 rings (SSSR count). The third-order valence-corrected chi connectivity index (χ3v) is 7.92. The van der Waals surface area contributed by atoms with Gasteiger partial charge in [-0.25, -0.2) is 0 Å². The molecule has 0 aromatic heterocycles. The molecule has 0 radical (unpaired) electrons. The summed E-state index contributed by atoms with van der Waals surface area (Å²) in [6.07, 6.45) is 0. The summed E-state index contributed by atoms with van der Waals surface area (Å²) in [6, 6.07) is 28.2. The van der Waals surface area contributed by atoms with Crippen LogP contribution in [0.4, 0.5) is 0 Å². The Bertz CT molecular complexity index is 1450. The molecule has 3 heteroatoms. The quantitative estimate of drug-likeness (QED) is 0.404. The van der Waals surface area contributed by atoms with Crippen molar-refractivity contribution in [2.45, 2.75) is 38.5 Å². The molecule has 0 saturated heterocycles. The van der Waals surface area contributed by atoms with E-state index in [1.807, 2.05) is 18.2 Å². The fourth-order valence-electron chi connectivity index (χ4n) is 5.98. The smallest absolute Gasteiger partial charge is 0.423 e. The van der Waals surface area contributed by atoms with Crippen LogP contribution in [0, 0.1) is 0 Å². The van der Waals surface area contributed by atoms with Crippen LogP contribution in [-0.4, -0.2) is 17.2 Å². The summed E-state index contributed by atoms with van der Waals surface area (Å²) in [6.45, 7) is 9.07. The largest absolute Gasteiger partial charge is 0.488 e. The highest BCUT2D eigenvalue weighted by Gasteiger charge is 2.37. The molecule has 2 N–H and O–H groups in total. The number of benzene rings is 4. The predicted octanol–water partition coefficient (Wildman–Crippen LogP) is 5.65. The van der Waals surface area contributed by atoms with Crippen LogP contribution in [0.3, 0.4) is 0 Å². The Morgan fingerprint density at radius 3 is 1.55 bits per heavy atom. The van der Waals surface area contributed by atoms with Gasteiger partial charge < -0.3 is 10.0 Å². The molecule has 0 heterocycles. The number of hydrogen-bond donors (Lipinski definition) is 2. The molecule has 2 aliphatic carbocycles. The first-order valence-electron chi connectivity index (χ1n) is 11.6. The normalized spacial score (nSPS) is 16.1. The van der Waals surface area contributed by atoms with Crippen molar-refractivity contribution in [1.29, 1.82) is 0 Å². The molecule has 0 unspecified atom stereocenters. The van der Waals surface area contributed by atoms with E-state index in [0.29, 0.717) is 5.46 Å². The SMILES string of the molecule is CC1(C)c2ccccc2-c2ccc(-c3ccc4c(c3)C(C)(C)c3cc(B(O)O)ccc3-4)cc21. The zero-order chi connectivity index (χ0) is 23.1. The summed E-state index contributed by atoms with van der Waals surface area (Å²) in [7, 11) is -1.45. The Morgan fingerprint density at radius 1 is 0.515 bits per heavy atom. The van der Waals surface area contributed by atoms with E-state index in [4.69, 9.17) is 0 Å². The van der Waals surface area contributed by atoms with Crippen molar-refractivity contribution in [3.63, 3.8) is 0 Å². The van der Waals surface area contributed by atoms with Gasteiger partial charge in [-0.2, -0.15) is 0 Å². The lowest BCUT2D eigenvalue weighted by Crippen LogP contribution is -2.31. The Morgan fingerprint density at radius 2 is 0.970 bits per heavy atom. The van der Waals surface area contributed by atoms with Crippen molar-refractivity contribution in [2.24, 2.45) is 0 Å². The average molecular weight is 430 g/mol. The molecule has 0 bridgehead atoms. The van der Waals surface area contributed by atoms with Gasteiger partial charge in [0.05, 0.1) is 0 Å². The van der Waals surface area contributed by atoms with E-state index in [1.165, 1.54) is 50.1 Å². The van der Waals surface area contributed by atoms with E-state index in [0.717, 1.165) is 5.56 Å². The highest BCUT2D eigenvalue weighted by Crippen LogP contribution is 2.51. The molecule has 0 spiro atoms. The van der Waals surface area contributed by atoms with Gasteiger partial charge in [0.1, 0.15) is 0 Å². The molecule has 0 atom stereocenters. The fourth-order valence-corrected chi connectivity index (χ4v) is 5.98. The van der Waals surface area contributed by atoms with Crippen molar-refractivity contribution in [2.75, 3.05) is 0 Å². The molecule has 2 nitrogen and oxygen atoms in total. The van der Waals surface area contributed by atoms with Crippen LogP contribution in [0.15, 0.2) is 78.9 Å². The summed E-state index contributed by atoms with van der Waals surface area (Å²) in [5.74, 6) is 0. The summed E-state index contributed by atoms with van der Waals surface area (Å²) in [5, 5.41) is 19.3. The van der Waals surface area contributed by atoms with Gasteiger partial charge in [0.15, 0.2) is 0 Å². The van der Waals surface area contributed by atoms with Crippen LogP contribution >= 0.6 is 0 Å². The van der Waals surface area contributed by atoms with Crippen molar-refractivity contribution in [3.05, 3.63) is 101 Å². The molecular formula is C30H27BO2. The maximum Gasteiger partial charge on any atom is 0.488 e. The zero-order valence-corrected chi connectivity index (χ0v) is 19.5. The summed E-state index contributed by atoms with van der Waals surface area (Å²) < 4.78 is 0. The van der Waals surface area contributed by atoms with Crippen LogP contribution in [0.5, 0.6) is 0 Å². The molecule has 0 amide bonds. The van der Waals surface area contributed by atoms with Crippen LogP contribution in [0.1, 0.15) is 49.9 Å². The van der Waals surface area contributed by atoms with Crippen molar-refractivity contribution in [3.8, 4) is 33.4 Å². The van der Waals surface area contributed by atoms with Gasteiger partial charge in [0.25, 0.3) is 0 Å². The van der Waals surface area contributed by atoms with Crippen LogP contribution in [0.25, 0.3) is 33.4 Å². The van der Waals surface area contributed by atoms with Crippen LogP contribution in [-0.2, 0) is 10.8 Å². The van der Waals surface area contributed by atoms with E-state index in [-0.39, 0.29) is 10.8 Å². The van der Waals surface area contributed by atoms with Crippen LogP contribution < -0.4 is 5.46 Å². The maximum atomic E-state index is 9.67. The highest BCUT2D eigenvalue weighted by atomic mass is 16.4. The first-order valence-corrected chi connectivity index (χ1v) is 11.6. The molecule has 0 aliphatic heterocycles. The predicted molar refractivity (Wildman–Crippen MR) is 137 cm³/mol. The summed E-state index contributed by atoms with van der Waals surface area (Å²) in [5.41, 5.74) is 13.0. The molecule has 0 fully saturated rings. The molecule has 2 aliphatic rings. The minimum absolute atomic E-state index is 0.0182. The molecule has 33 heavy (non-hydrogen) atoms. The lowest BCUT2D eigenvalue weighted by Gasteiger charge is -2.23. The monoisotopic (exact) mass is 430 g/mol. The minimum atomic E-state index is -1.45. The number of rotatable bonds is 2. The van der Waals surface area contributed by atoms with Gasteiger partial charge in [-0.3, -0.25) is 0 Å². The summed E-state index contributed by atoms with van der Waals surface area (Å²) >= 11 is 0. The van der Waals surface area contributed by atoms with Crippen molar-refractivity contribution in [1.82, 2.24) is 0 Å². The summed E-state index contributed by atoms with van der Waals surface area (Å²) in [4.78, 5) is 0. The standard InChI is InChI=1S/C30H27BO2/c1-29(2)25-8-6-5-7-21(25)22-12-9-18(15-26(22)29)19-10-13-23-24-14-11-20(31(32)33)17-28(24)30(3,4)27(23)16-19/h5-17,32-33H,1-4H3. The second kappa shape index (κ2) is 6.69. The van der Waals surface area contributed by atoms with E-state index in [1.54, 1.807) is 0 Å². The van der Waals surface area contributed by atoms with Gasteiger partial charge in [-0.15, -0.1) is 0 Å². The minimum Gasteiger partial charge on any atom is -0.423 e. The molecule has 0 saturated carbocycles. The first kappa shape index (κ1) is 20.5. The molecule has 4 aromatic rings. The number of hydrogen-bond acceptors (Lipinski definition) is 2. The van der Waals surface area contributed by atoms with Gasteiger partial charge >= 0.3 is 7.12 Å². The lowest BCUT2D eigenvalue weighted by molar-refractivity contribution is 0.425. The Kier molecular flexibility index (Phi) is 4.15. The van der Waals surface area contributed by atoms with Crippen LogP contribution in [0.2, 0.25) is 0 Å². The van der Waals surface area contributed by atoms with Crippen molar-refractivity contribution >= 4 is 12.6 Å². The Hall–Kier alpha value is -3.14. The maximum absolute atomic E-state index is 9.67. The average Bonchev–Trinajstić information content (AvgIpc) is 3.18. The second-order valence-electron chi connectivity index (χ2n) is 10.5. The second-order valence-corrected chi connectivity index (χ2v) is 10.5. The third-order valence-electron chi connectivity index (χ3n) is 7.92. The van der Waals surface area contributed by atoms with E-state index in [2.05, 4.69) is 88.4 Å². The highest BCUT2D eigenvalue weighted by molar-refractivity contribution is 6.58. The zero-order valence-electron chi connectivity index (χ0n) is 19.5. The molecular weight excluding hydrogens is 403 g/mol. The topological polar surface area (TPSA) is 40.5 Å². The van der Waals surface area contributed by atoms with E-state index in [9.17, 15) is 10.0 Å². The van der Waals surface area contributed by atoms with E-state index >= 15 is 0 Å². The van der Waals surface area contributed by atoms with E-state index < -0.39 is 7.12 Å². The molecule has 4 aromatic carbocycles. The van der Waals surface area contributed by atoms with Gasteiger partial charge in [-0.1, -0.05) is 94.4 Å². The number of fused-ring (bicyclic) bond motifs is 6. The Balaban J connectivity index is 1.47. The fraction of sp³-hybridized carbons (Fsp3) is 0.200. The third kappa shape index (κ3) is 2.76. The van der Waals surface area contributed by atoms with Crippen molar-refractivity contribution < 1.29 is 10.0 Å². The first-order chi connectivity index (χ1) is 15.7. The molecule has 162 valence electrons. The van der Waals surface area contributed by atoms with Gasteiger partial charge in [0.2, 0.25) is 0 Å².